The standard InChI is InChI=1S/C29H31F7N8O2/c1-11-17(29(34,35)36)15(18(30)23(37)38-11)20-19(31)21-16-24(42-26(41-21)45-10-27(9-43(3)4)8-28(27,32)33)44-7-13-5-6-14(39-13)22(44)12(2)46-25(16)40-20/h12-14,22,39H,5-10H2,1-4H3,(H2,37,38)/t12-,13+,14-,22+,27?/m0/s1. The third kappa shape index (κ3) is 4.67. The van der Waals surface area contributed by atoms with Crippen molar-refractivity contribution >= 4 is 22.5 Å². The molecule has 3 aliphatic heterocycles. The number of anilines is 2. The lowest BCUT2D eigenvalue weighted by Crippen LogP contribution is -2.62. The third-order valence-electron chi connectivity index (χ3n) is 9.40. The lowest BCUT2D eigenvalue weighted by atomic mass is 9.99. The van der Waals surface area contributed by atoms with Crippen LogP contribution in [0.1, 0.15) is 37.4 Å². The lowest BCUT2D eigenvalue weighted by Gasteiger charge is -2.42. The van der Waals surface area contributed by atoms with Crippen molar-refractivity contribution in [1.82, 2.24) is 30.2 Å². The second kappa shape index (κ2) is 10.1. The van der Waals surface area contributed by atoms with Gasteiger partial charge in [-0.1, -0.05) is 0 Å². The number of ether oxygens (including phenoxy) is 2. The minimum absolute atomic E-state index is 0.0100. The number of alkyl halides is 5. The number of nitrogens with zero attached hydrogens (tertiary/aromatic N) is 6. The van der Waals surface area contributed by atoms with Gasteiger partial charge in [-0.25, -0.2) is 27.5 Å². The minimum atomic E-state index is -5.17. The van der Waals surface area contributed by atoms with E-state index in [1.807, 2.05) is 4.90 Å². The SMILES string of the molecule is Cc1nc(N)c(F)c(-c2nc3c4c(nc(OCC5(CN(C)C)CC5(F)F)nc4c2F)N2C[C@H]4CC[C@H](N4)[C@H]2[C@H](C)O3)c1C(F)(F)F. The molecular formula is C29H31F7N8O2. The van der Waals surface area contributed by atoms with Gasteiger partial charge in [0.1, 0.15) is 35.1 Å². The van der Waals surface area contributed by atoms with Crippen LogP contribution in [-0.4, -0.2) is 88.8 Å². The zero-order chi connectivity index (χ0) is 33.1. The number of nitrogens with two attached hydrogens (primary N) is 1. The highest BCUT2D eigenvalue weighted by Gasteiger charge is 2.71. The van der Waals surface area contributed by atoms with E-state index in [0.717, 1.165) is 19.8 Å². The molecule has 3 fully saturated rings. The van der Waals surface area contributed by atoms with Crippen molar-refractivity contribution in [3.05, 3.63) is 22.9 Å². The number of nitrogen functional groups attached to an aromatic ring is 1. The maximum absolute atomic E-state index is 16.7. The molecule has 5 atom stereocenters. The highest BCUT2D eigenvalue weighted by Crippen LogP contribution is 2.60. The van der Waals surface area contributed by atoms with E-state index in [4.69, 9.17) is 15.2 Å². The van der Waals surface area contributed by atoms with Gasteiger partial charge in [-0.05, 0) is 40.8 Å². The van der Waals surface area contributed by atoms with Gasteiger partial charge in [0, 0.05) is 31.6 Å². The van der Waals surface area contributed by atoms with Crippen molar-refractivity contribution in [2.24, 2.45) is 5.41 Å². The van der Waals surface area contributed by atoms with Gasteiger partial charge in [-0.2, -0.15) is 23.1 Å². The van der Waals surface area contributed by atoms with E-state index >= 15 is 8.78 Å². The first-order valence-electron chi connectivity index (χ1n) is 14.8. The lowest BCUT2D eigenvalue weighted by molar-refractivity contribution is -0.138. The minimum Gasteiger partial charge on any atom is -0.472 e. The fourth-order valence-electron chi connectivity index (χ4n) is 7.36. The highest BCUT2D eigenvalue weighted by atomic mass is 19.4. The predicted octanol–water partition coefficient (Wildman–Crippen LogP) is 4.33. The molecule has 2 saturated heterocycles. The Morgan fingerprint density at radius 2 is 1.83 bits per heavy atom. The van der Waals surface area contributed by atoms with Crippen LogP contribution in [0.25, 0.3) is 22.2 Å². The summed E-state index contributed by atoms with van der Waals surface area (Å²) in [4.78, 5) is 19.8. The van der Waals surface area contributed by atoms with Gasteiger partial charge < -0.3 is 30.3 Å². The summed E-state index contributed by atoms with van der Waals surface area (Å²) < 4.78 is 116. The maximum Gasteiger partial charge on any atom is 0.418 e. The summed E-state index contributed by atoms with van der Waals surface area (Å²) in [5.41, 5.74) is -1.06. The predicted molar refractivity (Wildman–Crippen MR) is 152 cm³/mol. The van der Waals surface area contributed by atoms with Gasteiger partial charge in [0.25, 0.3) is 5.92 Å². The van der Waals surface area contributed by atoms with E-state index in [0.29, 0.717) is 6.54 Å². The maximum atomic E-state index is 16.7. The molecule has 1 saturated carbocycles. The number of rotatable bonds is 6. The molecule has 1 unspecified atom stereocenters. The van der Waals surface area contributed by atoms with Crippen LogP contribution >= 0.6 is 0 Å². The fraction of sp³-hybridized carbons (Fsp3) is 0.586. The molecule has 17 heteroatoms. The van der Waals surface area contributed by atoms with Crippen LogP contribution in [0.5, 0.6) is 11.9 Å². The molecular weight excluding hydrogens is 625 g/mol. The van der Waals surface area contributed by atoms with Crippen LogP contribution < -0.4 is 25.4 Å². The average Bonchev–Trinajstić information content (AvgIpc) is 3.33. The van der Waals surface area contributed by atoms with Gasteiger partial charge in [-0.3, -0.25) is 0 Å². The van der Waals surface area contributed by atoms with Gasteiger partial charge in [0.2, 0.25) is 5.88 Å². The number of aryl methyl sites for hydroxylation is 1. The normalized spacial score (nSPS) is 27.9. The number of hydrogen-bond acceptors (Lipinski definition) is 10. The van der Waals surface area contributed by atoms with Crippen molar-refractivity contribution in [2.75, 3.05) is 44.4 Å². The Hall–Kier alpha value is -3.73. The van der Waals surface area contributed by atoms with E-state index in [9.17, 15) is 22.0 Å². The zero-order valence-electron chi connectivity index (χ0n) is 25.3. The third-order valence-corrected chi connectivity index (χ3v) is 9.40. The molecule has 3 aromatic heterocycles. The molecule has 3 N–H and O–H groups in total. The first-order valence-corrected chi connectivity index (χ1v) is 14.8. The Morgan fingerprint density at radius 3 is 2.48 bits per heavy atom. The molecule has 46 heavy (non-hydrogen) atoms. The Bertz CT molecular complexity index is 1760. The summed E-state index contributed by atoms with van der Waals surface area (Å²) in [7, 11) is 3.28. The molecule has 6 heterocycles. The van der Waals surface area contributed by atoms with E-state index in [1.54, 1.807) is 25.9 Å². The van der Waals surface area contributed by atoms with Gasteiger partial charge >= 0.3 is 12.2 Å². The summed E-state index contributed by atoms with van der Waals surface area (Å²) in [5.74, 6) is -7.13. The fourth-order valence-corrected chi connectivity index (χ4v) is 7.36. The number of halogens is 7. The first-order chi connectivity index (χ1) is 21.5. The largest absolute Gasteiger partial charge is 0.472 e. The Balaban J connectivity index is 1.45. The molecule has 0 radical (unpaired) electrons. The smallest absolute Gasteiger partial charge is 0.418 e. The van der Waals surface area contributed by atoms with Crippen LogP contribution in [0, 0.1) is 24.0 Å². The molecule has 2 bridgehead atoms. The molecule has 1 aliphatic carbocycles. The number of aromatic nitrogens is 4. The van der Waals surface area contributed by atoms with E-state index in [2.05, 4.69) is 25.3 Å². The van der Waals surface area contributed by atoms with Gasteiger partial charge in [0.05, 0.1) is 28.3 Å². The van der Waals surface area contributed by atoms with Crippen molar-refractivity contribution in [2.45, 2.75) is 69.4 Å². The molecule has 0 aromatic carbocycles. The van der Waals surface area contributed by atoms with Crippen molar-refractivity contribution < 1.29 is 40.2 Å². The Labute approximate surface area is 258 Å². The summed E-state index contributed by atoms with van der Waals surface area (Å²) >= 11 is 0. The van der Waals surface area contributed by atoms with Crippen LogP contribution in [0.4, 0.5) is 42.4 Å². The summed E-state index contributed by atoms with van der Waals surface area (Å²) in [5, 5.41) is 3.46. The van der Waals surface area contributed by atoms with Crippen molar-refractivity contribution in [3.8, 4) is 23.1 Å². The van der Waals surface area contributed by atoms with Gasteiger partial charge in [0.15, 0.2) is 17.5 Å². The molecule has 3 aromatic rings. The Morgan fingerprint density at radius 1 is 1.11 bits per heavy atom. The monoisotopic (exact) mass is 656 g/mol. The molecule has 248 valence electrons. The van der Waals surface area contributed by atoms with Crippen LogP contribution in [-0.2, 0) is 6.18 Å². The number of piperazine rings is 1. The highest BCUT2D eigenvalue weighted by molar-refractivity contribution is 5.97. The number of fused-ring (bicyclic) bond motifs is 5. The van der Waals surface area contributed by atoms with Crippen LogP contribution in [0.15, 0.2) is 0 Å². The molecule has 0 amide bonds. The van der Waals surface area contributed by atoms with Crippen molar-refractivity contribution in [3.63, 3.8) is 0 Å². The zero-order valence-corrected chi connectivity index (χ0v) is 25.3. The second-order valence-electron chi connectivity index (χ2n) is 13.0. The van der Waals surface area contributed by atoms with Crippen LogP contribution in [0.3, 0.4) is 0 Å². The molecule has 4 aliphatic rings. The summed E-state index contributed by atoms with van der Waals surface area (Å²) in [6, 6.07) is -0.862. The van der Waals surface area contributed by atoms with E-state index in [-0.39, 0.29) is 41.8 Å². The number of hydrogen-bond donors (Lipinski definition) is 2. The van der Waals surface area contributed by atoms with Crippen molar-refractivity contribution in [1.29, 1.82) is 0 Å². The van der Waals surface area contributed by atoms with Crippen LogP contribution in [0.2, 0.25) is 0 Å². The topological polar surface area (TPSA) is 115 Å². The van der Waals surface area contributed by atoms with E-state index in [1.165, 1.54) is 0 Å². The van der Waals surface area contributed by atoms with Gasteiger partial charge in [-0.15, -0.1) is 0 Å². The first kappa shape index (κ1) is 30.9. The number of nitrogens with one attached hydrogen (secondary N) is 1. The molecule has 0 spiro atoms. The number of pyridine rings is 2. The molecule has 7 rings (SSSR count). The molecule has 10 nitrogen and oxygen atoms in total. The average molecular weight is 657 g/mol. The quantitative estimate of drug-likeness (QED) is 0.372. The second-order valence-corrected chi connectivity index (χ2v) is 13.0. The summed E-state index contributed by atoms with van der Waals surface area (Å²) in [6.45, 7) is 2.61. The van der Waals surface area contributed by atoms with E-state index < -0.39 is 88.1 Å². The Kier molecular flexibility index (Phi) is 6.81. The summed E-state index contributed by atoms with van der Waals surface area (Å²) in [6.07, 6.45) is -4.61.